The van der Waals surface area contributed by atoms with Gasteiger partial charge in [-0.1, -0.05) is 16.8 Å². The average Bonchev–Trinajstić information content (AvgIpc) is 3.09. The molecule has 25 heavy (non-hydrogen) atoms. The zero-order valence-electron chi connectivity index (χ0n) is 13.0. The van der Waals surface area contributed by atoms with E-state index in [-0.39, 0.29) is 23.9 Å². The minimum atomic E-state index is -0.516. The molecule has 0 amide bonds. The molecule has 0 radical (unpaired) electrons. The van der Waals surface area contributed by atoms with Crippen molar-refractivity contribution < 1.29 is 18.9 Å². The van der Waals surface area contributed by atoms with E-state index in [1.165, 1.54) is 25.3 Å². The van der Waals surface area contributed by atoms with Gasteiger partial charge in [-0.2, -0.15) is 4.98 Å². The Bertz CT molecular complexity index is 895. The van der Waals surface area contributed by atoms with E-state index in [1.54, 1.807) is 24.3 Å². The van der Waals surface area contributed by atoms with Crippen molar-refractivity contribution >= 4 is 17.3 Å². The van der Waals surface area contributed by atoms with E-state index in [0.717, 1.165) is 5.56 Å². The molecule has 0 N–H and O–H groups in total. The number of benzene rings is 2. The maximum Gasteiger partial charge on any atom is 0.273 e. The minimum Gasteiger partial charge on any atom is -0.493 e. The fourth-order valence-corrected chi connectivity index (χ4v) is 2.19. The summed E-state index contributed by atoms with van der Waals surface area (Å²) in [5, 5.41) is 15.3. The fraction of sp³-hybridized carbons (Fsp3) is 0.125. The largest absolute Gasteiger partial charge is 0.493 e. The standard InChI is InChI=1S/C16H12ClN3O5/c1-23-13-7-6-12(20(21)22)8-14(13)24-9-15-18-16(19-25-15)10-2-4-11(17)5-3-10/h2-8H,9H2,1H3. The van der Waals surface area contributed by atoms with Crippen LogP contribution in [0.3, 0.4) is 0 Å². The minimum absolute atomic E-state index is 0.0574. The van der Waals surface area contributed by atoms with Crippen LogP contribution < -0.4 is 9.47 Å². The first kappa shape index (κ1) is 16.7. The highest BCUT2D eigenvalue weighted by Gasteiger charge is 2.15. The Morgan fingerprint density at radius 1 is 1.20 bits per heavy atom. The van der Waals surface area contributed by atoms with Crippen LogP contribution in [0.1, 0.15) is 5.89 Å². The van der Waals surface area contributed by atoms with Crippen molar-refractivity contribution in [3.05, 3.63) is 63.5 Å². The van der Waals surface area contributed by atoms with Gasteiger partial charge in [0.25, 0.3) is 11.6 Å². The lowest BCUT2D eigenvalue weighted by molar-refractivity contribution is -0.385. The summed E-state index contributed by atoms with van der Waals surface area (Å²) < 4.78 is 15.8. The predicted octanol–water partition coefficient (Wildman–Crippen LogP) is 3.89. The van der Waals surface area contributed by atoms with Gasteiger partial charge < -0.3 is 14.0 Å². The molecular weight excluding hydrogens is 350 g/mol. The van der Waals surface area contributed by atoms with Crippen molar-refractivity contribution in [2.45, 2.75) is 6.61 Å². The molecule has 0 aliphatic rings. The summed E-state index contributed by atoms with van der Waals surface area (Å²) in [7, 11) is 1.44. The maximum absolute atomic E-state index is 10.9. The fourth-order valence-electron chi connectivity index (χ4n) is 2.06. The number of hydrogen-bond donors (Lipinski definition) is 0. The summed E-state index contributed by atoms with van der Waals surface area (Å²) in [6.07, 6.45) is 0. The third-order valence-electron chi connectivity index (χ3n) is 3.28. The van der Waals surface area contributed by atoms with Crippen molar-refractivity contribution in [3.8, 4) is 22.9 Å². The van der Waals surface area contributed by atoms with Crippen LogP contribution in [0.15, 0.2) is 47.0 Å². The van der Waals surface area contributed by atoms with E-state index in [9.17, 15) is 10.1 Å². The van der Waals surface area contributed by atoms with Crippen molar-refractivity contribution in [3.63, 3.8) is 0 Å². The van der Waals surface area contributed by atoms with Gasteiger partial charge in [-0.3, -0.25) is 10.1 Å². The van der Waals surface area contributed by atoms with Crippen LogP contribution in [0.5, 0.6) is 11.5 Å². The normalized spacial score (nSPS) is 10.5. The van der Waals surface area contributed by atoms with Gasteiger partial charge in [0, 0.05) is 16.7 Å². The molecule has 128 valence electrons. The number of ether oxygens (including phenoxy) is 2. The SMILES string of the molecule is COc1ccc([N+](=O)[O-])cc1OCc1nc(-c2ccc(Cl)cc2)no1. The van der Waals surface area contributed by atoms with Crippen molar-refractivity contribution in [1.29, 1.82) is 0 Å². The first-order valence-electron chi connectivity index (χ1n) is 7.10. The molecule has 8 nitrogen and oxygen atoms in total. The highest BCUT2D eigenvalue weighted by atomic mass is 35.5. The lowest BCUT2D eigenvalue weighted by Gasteiger charge is -2.08. The second-order valence-electron chi connectivity index (χ2n) is 4.90. The number of halogens is 1. The number of hydrogen-bond acceptors (Lipinski definition) is 7. The van der Waals surface area contributed by atoms with Crippen LogP contribution in [0.4, 0.5) is 5.69 Å². The van der Waals surface area contributed by atoms with E-state index in [2.05, 4.69) is 10.1 Å². The molecule has 1 aromatic heterocycles. The van der Waals surface area contributed by atoms with E-state index in [4.69, 9.17) is 25.6 Å². The van der Waals surface area contributed by atoms with Crippen LogP contribution in [0.25, 0.3) is 11.4 Å². The van der Waals surface area contributed by atoms with Crippen molar-refractivity contribution in [2.75, 3.05) is 7.11 Å². The van der Waals surface area contributed by atoms with Gasteiger partial charge >= 0.3 is 0 Å². The Kier molecular flexibility index (Phi) is 4.80. The van der Waals surface area contributed by atoms with E-state index in [1.807, 2.05) is 0 Å². The van der Waals surface area contributed by atoms with Crippen LogP contribution >= 0.6 is 11.6 Å². The van der Waals surface area contributed by atoms with Gasteiger partial charge in [0.1, 0.15) is 0 Å². The highest BCUT2D eigenvalue weighted by Crippen LogP contribution is 2.31. The summed E-state index contributed by atoms with van der Waals surface area (Å²) >= 11 is 5.84. The smallest absolute Gasteiger partial charge is 0.273 e. The van der Waals surface area contributed by atoms with Gasteiger partial charge in [0.2, 0.25) is 5.82 Å². The lowest BCUT2D eigenvalue weighted by atomic mass is 10.2. The second kappa shape index (κ2) is 7.18. The third-order valence-corrected chi connectivity index (χ3v) is 3.53. The van der Waals surface area contributed by atoms with Crippen LogP contribution in [-0.2, 0) is 6.61 Å². The summed E-state index contributed by atoms with van der Waals surface area (Å²) in [5.74, 6) is 1.19. The number of rotatable bonds is 6. The number of non-ortho nitro benzene ring substituents is 1. The first-order valence-corrected chi connectivity index (χ1v) is 7.48. The summed E-state index contributed by atoms with van der Waals surface area (Å²) in [5.41, 5.74) is 0.635. The Morgan fingerprint density at radius 3 is 2.64 bits per heavy atom. The molecule has 0 saturated carbocycles. The van der Waals surface area contributed by atoms with Crippen molar-refractivity contribution in [1.82, 2.24) is 10.1 Å². The Balaban J connectivity index is 1.75. The second-order valence-corrected chi connectivity index (χ2v) is 5.34. The number of nitrogens with zero attached hydrogens (tertiary/aromatic N) is 3. The Hall–Kier alpha value is -3.13. The van der Waals surface area contributed by atoms with Gasteiger partial charge in [-0.15, -0.1) is 0 Å². The Labute approximate surface area is 147 Å². The number of nitro benzene ring substituents is 1. The van der Waals surface area contributed by atoms with Gasteiger partial charge in [0.05, 0.1) is 18.1 Å². The predicted molar refractivity (Wildman–Crippen MR) is 88.7 cm³/mol. The van der Waals surface area contributed by atoms with E-state index >= 15 is 0 Å². The number of methoxy groups -OCH3 is 1. The average molecular weight is 362 g/mol. The molecule has 9 heteroatoms. The van der Waals surface area contributed by atoms with Crippen LogP contribution in [0, 0.1) is 10.1 Å². The van der Waals surface area contributed by atoms with Gasteiger partial charge in [0.15, 0.2) is 18.1 Å². The first-order chi connectivity index (χ1) is 12.1. The summed E-state index contributed by atoms with van der Waals surface area (Å²) in [4.78, 5) is 14.6. The molecule has 0 atom stereocenters. The lowest BCUT2D eigenvalue weighted by Crippen LogP contribution is -1.99. The maximum atomic E-state index is 10.9. The highest BCUT2D eigenvalue weighted by molar-refractivity contribution is 6.30. The molecule has 0 bridgehead atoms. The van der Waals surface area contributed by atoms with Gasteiger partial charge in [-0.05, 0) is 30.3 Å². The number of nitro groups is 1. The zero-order chi connectivity index (χ0) is 17.8. The molecule has 0 unspecified atom stereocenters. The molecule has 0 fully saturated rings. The van der Waals surface area contributed by atoms with E-state index in [0.29, 0.717) is 16.6 Å². The zero-order valence-corrected chi connectivity index (χ0v) is 13.8. The molecule has 3 aromatic rings. The molecule has 1 heterocycles. The molecule has 0 spiro atoms. The Morgan fingerprint density at radius 2 is 1.96 bits per heavy atom. The van der Waals surface area contributed by atoms with Crippen LogP contribution in [0.2, 0.25) is 5.02 Å². The van der Waals surface area contributed by atoms with Gasteiger partial charge in [-0.25, -0.2) is 0 Å². The topological polar surface area (TPSA) is 101 Å². The number of aromatic nitrogens is 2. The molecule has 0 aliphatic heterocycles. The van der Waals surface area contributed by atoms with E-state index < -0.39 is 4.92 Å². The third kappa shape index (κ3) is 3.86. The molecule has 3 rings (SSSR count). The quantitative estimate of drug-likeness (QED) is 0.485. The molecular formula is C16H12ClN3O5. The summed E-state index contributed by atoms with van der Waals surface area (Å²) in [6, 6.07) is 11.0. The summed E-state index contributed by atoms with van der Waals surface area (Å²) in [6.45, 7) is -0.0574. The molecule has 2 aromatic carbocycles. The molecule has 0 aliphatic carbocycles. The molecule has 0 saturated heterocycles. The van der Waals surface area contributed by atoms with Crippen molar-refractivity contribution in [2.24, 2.45) is 0 Å². The van der Waals surface area contributed by atoms with Crippen LogP contribution in [-0.4, -0.2) is 22.2 Å². The monoisotopic (exact) mass is 361 g/mol.